The third kappa shape index (κ3) is 7.56. The normalized spacial score (nSPS) is 25.0. The summed E-state index contributed by atoms with van der Waals surface area (Å²) in [5.41, 5.74) is 1.56. The molecule has 0 aromatic rings. The van der Waals surface area contributed by atoms with Gasteiger partial charge in [-0.3, -0.25) is 4.79 Å². The van der Waals surface area contributed by atoms with Crippen molar-refractivity contribution < 1.29 is 33.7 Å². The zero-order valence-electron chi connectivity index (χ0n) is 13.6. The zero-order valence-corrected chi connectivity index (χ0v) is 13.6. The molecule has 8 heteroatoms. The van der Waals surface area contributed by atoms with Gasteiger partial charge in [0, 0.05) is 6.54 Å². The van der Waals surface area contributed by atoms with E-state index in [2.05, 4.69) is 0 Å². The highest BCUT2D eigenvalue weighted by Gasteiger charge is 2.34. The molecular formula is C15H27NO7. The van der Waals surface area contributed by atoms with Crippen molar-refractivity contribution in [1.29, 1.82) is 0 Å². The van der Waals surface area contributed by atoms with Crippen molar-refractivity contribution >= 4 is 5.97 Å². The summed E-state index contributed by atoms with van der Waals surface area (Å²) in [7, 11) is 0. The molecule has 0 saturated carbocycles. The first-order chi connectivity index (χ1) is 11.2. The standard InChI is InChI=1S/C15H27NO7/c1-2-15(9-19-5-12-7-21-12,10-20-6-13-8-22-13)11-23-14(17)3-4-16-18/h12-13,16,18H,2-11H2,1H3. The fourth-order valence-corrected chi connectivity index (χ4v) is 2.04. The third-order valence-electron chi connectivity index (χ3n) is 3.96. The number of carbonyl (C=O) groups excluding carboxylic acids is 1. The molecule has 0 aliphatic carbocycles. The van der Waals surface area contributed by atoms with E-state index in [1.165, 1.54) is 0 Å². The van der Waals surface area contributed by atoms with Gasteiger partial charge in [0.25, 0.3) is 0 Å². The first-order valence-corrected chi connectivity index (χ1v) is 8.09. The molecule has 2 heterocycles. The monoisotopic (exact) mass is 333 g/mol. The number of hydrogen-bond donors (Lipinski definition) is 2. The van der Waals surface area contributed by atoms with Crippen molar-refractivity contribution in [3.05, 3.63) is 0 Å². The second-order valence-corrected chi connectivity index (χ2v) is 6.11. The van der Waals surface area contributed by atoms with Gasteiger partial charge in [0.2, 0.25) is 0 Å². The number of hydroxylamine groups is 1. The molecule has 8 nitrogen and oxygen atoms in total. The van der Waals surface area contributed by atoms with Gasteiger partial charge in [-0.1, -0.05) is 6.92 Å². The van der Waals surface area contributed by atoms with Crippen LogP contribution < -0.4 is 5.48 Å². The van der Waals surface area contributed by atoms with Crippen LogP contribution >= 0.6 is 0 Å². The van der Waals surface area contributed by atoms with Crippen molar-refractivity contribution in [2.75, 3.05) is 52.8 Å². The van der Waals surface area contributed by atoms with Crippen molar-refractivity contribution in [3.63, 3.8) is 0 Å². The molecule has 0 aromatic carbocycles. The molecule has 2 rings (SSSR count). The van der Waals surface area contributed by atoms with Crippen LogP contribution in [0.25, 0.3) is 0 Å². The Bertz CT molecular complexity index is 340. The Morgan fingerprint density at radius 2 is 1.74 bits per heavy atom. The van der Waals surface area contributed by atoms with E-state index < -0.39 is 0 Å². The second-order valence-electron chi connectivity index (χ2n) is 6.11. The molecule has 2 N–H and O–H groups in total. The van der Waals surface area contributed by atoms with Gasteiger partial charge in [-0.2, -0.15) is 0 Å². The van der Waals surface area contributed by atoms with Crippen LogP contribution in [0.1, 0.15) is 19.8 Å². The first-order valence-electron chi connectivity index (χ1n) is 8.09. The van der Waals surface area contributed by atoms with Gasteiger partial charge in [0.05, 0.1) is 51.5 Å². The highest BCUT2D eigenvalue weighted by atomic mass is 16.6. The summed E-state index contributed by atoms with van der Waals surface area (Å²) >= 11 is 0. The van der Waals surface area contributed by atoms with Gasteiger partial charge in [0.1, 0.15) is 18.8 Å². The van der Waals surface area contributed by atoms with Crippen molar-refractivity contribution in [3.8, 4) is 0 Å². The van der Waals surface area contributed by atoms with Gasteiger partial charge >= 0.3 is 5.97 Å². The number of hydrogen-bond acceptors (Lipinski definition) is 8. The molecular weight excluding hydrogens is 306 g/mol. The van der Waals surface area contributed by atoms with Gasteiger partial charge in [-0.05, 0) is 6.42 Å². The van der Waals surface area contributed by atoms with Crippen LogP contribution in [0.3, 0.4) is 0 Å². The Balaban J connectivity index is 1.76. The number of rotatable bonds is 14. The molecule has 2 saturated heterocycles. The predicted molar refractivity (Wildman–Crippen MR) is 79.2 cm³/mol. The summed E-state index contributed by atoms with van der Waals surface area (Å²) in [6, 6.07) is 0. The van der Waals surface area contributed by atoms with E-state index in [0.29, 0.717) is 26.4 Å². The fraction of sp³-hybridized carbons (Fsp3) is 0.933. The lowest BCUT2D eigenvalue weighted by Gasteiger charge is -2.31. The SMILES string of the molecule is CCC(COCC1CO1)(COCC1CO1)COC(=O)CCNO. The Kier molecular flexibility index (Phi) is 7.68. The first kappa shape index (κ1) is 18.6. The minimum Gasteiger partial charge on any atom is -0.465 e. The molecule has 0 radical (unpaired) electrons. The predicted octanol–water partition coefficient (Wildman–Crippen LogP) is 0.126. The van der Waals surface area contributed by atoms with Crippen LogP contribution in [0.4, 0.5) is 0 Å². The lowest BCUT2D eigenvalue weighted by molar-refractivity contribution is -0.152. The molecule has 2 aliphatic rings. The summed E-state index contributed by atoms with van der Waals surface area (Å²) in [5, 5.41) is 8.52. The molecule has 23 heavy (non-hydrogen) atoms. The molecule has 134 valence electrons. The average molecular weight is 333 g/mol. The largest absolute Gasteiger partial charge is 0.465 e. The van der Waals surface area contributed by atoms with Crippen LogP contribution in [0.15, 0.2) is 0 Å². The number of carbonyl (C=O) groups is 1. The molecule has 0 aromatic heterocycles. The maximum absolute atomic E-state index is 11.7. The summed E-state index contributed by atoms with van der Waals surface area (Å²) in [6.45, 7) is 5.91. The van der Waals surface area contributed by atoms with Crippen molar-refractivity contribution in [1.82, 2.24) is 5.48 Å². The van der Waals surface area contributed by atoms with Crippen LogP contribution in [-0.2, 0) is 28.5 Å². The van der Waals surface area contributed by atoms with Gasteiger partial charge in [-0.15, -0.1) is 0 Å². The van der Waals surface area contributed by atoms with E-state index in [9.17, 15) is 4.79 Å². The highest BCUT2D eigenvalue weighted by Crippen LogP contribution is 2.26. The molecule has 2 unspecified atom stereocenters. The summed E-state index contributed by atoms with van der Waals surface area (Å²) in [6.07, 6.45) is 1.27. The number of ether oxygens (including phenoxy) is 5. The molecule has 2 fully saturated rings. The van der Waals surface area contributed by atoms with E-state index in [4.69, 9.17) is 28.9 Å². The lowest BCUT2D eigenvalue weighted by atomic mass is 9.88. The Labute approximate surface area is 136 Å². The number of epoxide rings is 2. The number of nitrogens with one attached hydrogen (secondary N) is 1. The van der Waals surface area contributed by atoms with E-state index in [-0.39, 0.29) is 43.2 Å². The summed E-state index contributed by atoms with van der Waals surface area (Å²) in [4.78, 5) is 11.7. The van der Waals surface area contributed by atoms with Crippen molar-refractivity contribution in [2.24, 2.45) is 5.41 Å². The summed E-state index contributed by atoms with van der Waals surface area (Å²) in [5.74, 6) is -0.361. The Hall–Kier alpha value is -0.770. The molecule has 2 atom stereocenters. The van der Waals surface area contributed by atoms with E-state index in [0.717, 1.165) is 19.6 Å². The fourth-order valence-electron chi connectivity index (χ4n) is 2.04. The Morgan fingerprint density at radius 3 is 2.17 bits per heavy atom. The maximum Gasteiger partial charge on any atom is 0.307 e. The quantitative estimate of drug-likeness (QED) is 0.263. The minimum absolute atomic E-state index is 0.115. The van der Waals surface area contributed by atoms with Crippen LogP contribution in [0.5, 0.6) is 0 Å². The van der Waals surface area contributed by atoms with Gasteiger partial charge in [-0.25, -0.2) is 5.48 Å². The third-order valence-corrected chi connectivity index (χ3v) is 3.96. The topological polar surface area (TPSA) is 102 Å². The molecule has 2 aliphatic heterocycles. The smallest absolute Gasteiger partial charge is 0.307 e. The Morgan fingerprint density at radius 1 is 1.17 bits per heavy atom. The maximum atomic E-state index is 11.7. The van der Waals surface area contributed by atoms with E-state index in [1.807, 2.05) is 12.4 Å². The average Bonchev–Trinajstić information content (AvgIpc) is 3.44. The second kappa shape index (κ2) is 9.51. The lowest BCUT2D eigenvalue weighted by Crippen LogP contribution is -2.38. The molecule has 0 bridgehead atoms. The van der Waals surface area contributed by atoms with Gasteiger partial charge in [0.15, 0.2) is 0 Å². The minimum atomic E-state index is -0.383. The highest BCUT2D eigenvalue weighted by molar-refractivity contribution is 5.69. The van der Waals surface area contributed by atoms with E-state index >= 15 is 0 Å². The van der Waals surface area contributed by atoms with Crippen molar-refractivity contribution in [2.45, 2.75) is 32.0 Å². The van der Waals surface area contributed by atoms with Crippen LogP contribution in [0, 0.1) is 5.41 Å². The number of esters is 1. The zero-order chi connectivity index (χ0) is 16.5. The van der Waals surface area contributed by atoms with Crippen LogP contribution in [-0.4, -0.2) is 76.2 Å². The summed E-state index contributed by atoms with van der Waals surface area (Å²) < 4.78 is 27.0. The van der Waals surface area contributed by atoms with E-state index in [1.54, 1.807) is 0 Å². The molecule has 0 amide bonds. The van der Waals surface area contributed by atoms with Gasteiger partial charge < -0.3 is 28.9 Å². The van der Waals surface area contributed by atoms with Crippen LogP contribution in [0.2, 0.25) is 0 Å². The molecule has 0 spiro atoms.